The molecule has 0 spiro atoms. The van der Waals surface area contributed by atoms with Crippen molar-refractivity contribution in [3.05, 3.63) is 29.3 Å². The summed E-state index contributed by atoms with van der Waals surface area (Å²) in [4.78, 5) is 1.18. The summed E-state index contributed by atoms with van der Waals surface area (Å²) in [5.74, 6) is -1.99. The van der Waals surface area contributed by atoms with E-state index in [0.29, 0.717) is 6.54 Å². The summed E-state index contributed by atoms with van der Waals surface area (Å²) in [6.45, 7) is 0.189. The van der Waals surface area contributed by atoms with Gasteiger partial charge in [-0.25, -0.2) is 21.9 Å². The van der Waals surface area contributed by atoms with Gasteiger partial charge in [0.15, 0.2) is 5.82 Å². The first-order valence-electron chi connectivity index (χ1n) is 5.61. The zero-order chi connectivity index (χ0) is 14.6. The van der Waals surface area contributed by atoms with Crippen molar-refractivity contribution in [2.24, 2.45) is 5.73 Å². The average molecular weight is 293 g/mol. The molecule has 1 aromatic carbocycles. The van der Waals surface area contributed by atoms with E-state index < -0.39 is 38.7 Å². The lowest BCUT2D eigenvalue weighted by Gasteiger charge is -2.12. The highest BCUT2D eigenvalue weighted by atomic mass is 32.2. The van der Waals surface area contributed by atoms with Crippen molar-refractivity contribution in [1.29, 1.82) is 0 Å². The molecule has 19 heavy (non-hydrogen) atoms. The first-order chi connectivity index (χ1) is 8.79. The van der Waals surface area contributed by atoms with Gasteiger partial charge in [-0.15, -0.1) is 0 Å². The van der Waals surface area contributed by atoms with Gasteiger partial charge in [-0.05, 0) is 26.2 Å². The minimum Gasteiger partial charge on any atom is -0.326 e. The maximum absolute atomic E-state index is 13.9. The summed E-state index contributed by atoms with van der Waals surface area (Å²) in [6, 6.07) is 1.79. The van der Waals surface area contributed by atoms with Crippen molar-refractivity contribution in [3.8, 4) is 0 Å². The molecule has 0 bridgehead atoms. The van der Waals surface area contributed by atoms with Crippen LogP contribution in [-0.4, -0.2) is 40.5 Å². The van der Waals surface area contributed by atoms with Crippen LogP contribution in [0.2, 0.25) is 0 Å². The minimum atomic E-state index is -4.01. The number of likely N-dealkylation sites (N-methyl/N-ethyl adjacent to an activating group) is 1. The molecular weight excluding hydrogens is 276 g/mol. The quantitative estimate of drug-likeness (QED) is 0.789. The van der Waals surface area contributed by atoms with Gasteiger partial charge in [-0.3, -0.25) is 0 Å². The Balaban J connectivity index is 3.02. The molecular formula is C11H17F2N3O2S. The van der Waals surface area contributed by atoms with Crippen molar-refractivity contribution < 1.29 is 17.2 Å². The van der Waals surface area contributed by atoms with Gasteiger partial charge in [0.1, 0.15) is 10.7 Å². The van der Waals surface area contributed by atoms with E-state index in [9.17, 15) is 17.2 Å². The summed E-state index contributed by atoms with van der Waals surface area (Å²) in [7, 11) is -0.456. The SMILES string of the molecule is CN(C)CCNS(=O)(=O)c1ccc(F)c(CN)c1F. The fraction of sp³-hybridized carbons (Fsp3) is 0.455. The number of nitrogens with two attached hydrogens (primary N) is 1. The Morgan fingerprint density at radius 1 is 1.32 bits per heavy atom. The number of benzene rings is 1. The van der Waals surface area contributed by atoms with Gasteiger partial charge in [-0.2, -0.15) is 0 Å². The monoisotopic (exact) mass is 293 g/mol. The van der Waals surface area contributed by atoms with Crippen molar-refractivity contribution in [1.82, 2.24) is 9.62 Å². The minimum absolute atomic E-state index is 0.129. The van der Waals surface area contributed by atoms with Crippen LogP contribution in [0.5, 0.6) is 0 Å². The zero-order valence-corrected chi connectivity index (χ0v) is 11.6. The number of nitrogens with one attached hydrogen (secondary N) is 1. The van der Waals surface area contributed by atoms with E-state index in [1.54, 1.807) is 19.0 Å². The van der Waals surface area contributed by atoms with Crippen LogP contribution in [-0.2, 0) is 16.6 Å². The van der Waals surface area contributed by atoms with Crippen LogP contribution in [0.15, 0.2) is 17.0 Å². The predicted octanol–water partition coefficient (Wildman–Crippen LogP) is 0.263. The van der Waals surface area contributed by atoms with Gasteiger partial charge >= 0.3 is 0 Å². The number of hydrogen-bond donors (Lipinski definition) is 2. The molecule has 0 aliphatic carbocycles. The first kappa shape index (κ1) is 16.0. The van der Waals surface area contributed by atoms with Crippen molar-refractivity contribution in [2.45, 2.75) is 11.4 Å². The molecule has 0 amide bonds. The summed E-state index contributed by atoms with van der Waals surface area (Å²) in [6.07, 6.45) is 0. The molecule has 0 fully saturated rings. The van der Waals surface area contributed by atoms with Gasteiger partial charge in [0, 0.05) is 25.2 Å². The van der Waals surface area contributed by atoms with Gasteiger partial charge in [0.05, 0.1) is 0 Å². The van der Waals surface area contributed by atoms with E-state index in [1.807, 2.05) is 0 Å². The smallest absolute Gasteiger partial charge is 0.243 e. The molecule has 8 heteroatoms. The van der Waals surface area contributed by atoms with Crippen LogP contribution < -0.4 is 10.5 Å². The first-order valence-corrected chi connectivity index (χ1v) is 7.09. The summed E-state index contributed by atoms with van der Waals surface area (Å²) < 4.78 is 53.1. The van der Waals surface area contributed by atoms with Crippen LogP contribution in [0.1, 0.15) is 5.56 Å². The third-order valence-electron chi connectivity index (χ3n) is 2.50. The highest BCUT2D eigenvalue weighted by Crippen LogP contribution is 2.20. The molecule has 5 nitrogen and oxygen atoms in total. The molecule has 0 saturated heterocycles. The maximum atomic E-state index is 13.9. The van der Waals surface area contributed by atoms with Crippen LogP contribution in [0, 0.1) is 11.6 Å². The molecule has 0 radical (unpaired) electrons. The topological polar surface area (TPSA) is 75.4 Å². The van der Waals surface area contributed by atoms with Gasteiger partial charge < -0.3 is 10.6 Å². The molecule has 0 aliphatic heterocycles. The predicted molar refractivity (Wildman–Crippen MR) is 68.0 cm³/mol. The molecule has 0 unspecified atom stereocenters. The average Bonchev–Trinajstić information content (AvgIpc) is 2.28. The number of hydrogen-bond acceptors (Lipinski definition) is 4. The Morgan fingerprint density at radius 3 is 2.47 bits per heavy atom. The lowest BCUT2D eigenvalue weighted by atomic mass is 10.2. The van der Waals surface area contributed by atoms with Crippen LogP contribution in [0.25, 0.3) is 0 Å². The highest BCUT2D eigenvalue weighted by Gasteiger charge is 2.22. The molecule has 0 aromatic heterocycles. The van der Waals surface area contributed by atoms with E-state index in [4.69, 9.17) is 5.73 Å². The number of nitrogens with zero attached hydrogens (tertiary/aromatic N) is 1. The second kappa shape index (κ2) is 6.38. The van der Waals surface area contributed by atoms with Crippen molar-refractivity contribution in [3.63, 3.8) is 0 Å². The summed E-state index contributed by atoms with van der Waals surface area (Å²) in [5, 5.41) is 0. The van der Waals surface area contributed by atoms with E-state index in [2.05, 4.69) is 4.72 Å². The van der Waals surface area contributed by atoms with Gasteiger partial charge in [0.25, 0.3) is 0 Å². The molecule has 0 heterocycles. The van der Waals surface area contributed by atoms with E-state index in [1.165, 1.54) is 0 Å². The summed E-state index contributed by atoms with van der Waals surface area (Å²) >= 11 is 0. The summed E-state index contributed by atoms with van der Waals surface area (Å²) in [5.41, 5.74) is 4.77. The standard InChI is InChI=1S/C11H17F2N3O2S/c1-16(2)6-5-15-19(17,18)10-4-3-9(12)8(7-14)11(10)13/h3-4,15H,5-7,14H2,1-2H3. The Hall–Kier alpha value is -1.09. The van der Waals surface area contributed by atoms with Gasteiger partial charge in [0.2, 0.25) is 10.0 Å². The van der Waals surface area contributed by atoms with Crippen LogP contribution in [0.4, 0.5) is 8.78 Å². The molecule has 1 rings (SSSR count). The Labute approximate surface area is 111 Å². The number of sulfonamides is 1. The fourth-order valence-electron chi connectivity index (χ4n) is 1.45. The zero-order valence-electron chi connectivity index (χ0n) is 10.8. The normalized spacial score (nSPS) is 12.1. The molecule has 0 saturated carbocycles. The third kappa shape index (κ3) is 3.93. The third-order valence-corrected chi connectivity index (χ3v) is 3.97. The fourth-order valence-corrected chi connectivity index (χ4v) is 2.57. The second-order valence-electron chi connectivity index (χ2n) is 4.24. The molecule has 1 aromatic rings. The Bertz CT molecular complexity index is 547. The second-order valence-corrected chi connectivity index (χ2v) is 5.98. The molecule has 3 N–H and O–H groups in total. The molecule has 108 valence electrons. The van der Waals surface area contributed by atoms with Crippen LogP contribution in [0.3, 0.4) is 0 Å². The van der Waals surface area contributed by atoms with Gasteiger partial charge in [-0.1, -0.05) is 0 Å². The molecule has 0 aliphatic rings. The molecule has 0 atom stereocenters. The maximum Gasteiger partial charge on any atom is 0.243 e. The van der Waals surface area contributed by atoms with Crippen molar-refractivity contribution in [2.75, 3.05) is 27.2 Å². The van der Waals surface area contributed by atoms with E-state index >= 15 is 0 Å². The Morgan fingerprint density at radius 2 is 1.95 bits per heavy atom. The van der Waals surface area contributed by atoms with E-state index in [0.717, 1.165) is 12.1 Å². The Kier molecular flexibility index (Phi) is 5.36. The largest absolute Gasteiger partial charge is 0.326 e. The van der Waals surface area contributed by atoms with E-state index in [-0.39, 0.29) is 6.54 Å². The lowest BCUT2D eigenvalue weighted by Crippen LogP contribution is -2.32. The lowest BCUT2D eigenvalue weighted by molar-refractivity contribution is 0.412. The number of halogens is 2. The van der Waals surface area contributed by atoms with Crippen LogP contribution >= 0.6 is 0 Å². The highest BCUT2D eigenvalue weighted by molar-refractivity contribution is 7.89. The van der Waals surface area contributed by atoms with Crippen molar-refractivity contribution >= 4 is 10.0 Å². The number of rotatable bonds is 6.